The Morgan fingerprint density at radius 3 is 2.91 bits per heavy atom. The Hall–Kier alpha value is -2.56. The molecule has 1 saturated heterocycles. The van der Waals surface area contributed by atoms with Gasteiger partial charge in [0.1, 0.15) is 5.76 Å². The van der Waals surface area contributed by atoms with Crippen LogP contribution in [0, 0.1) is 5.92 Å². The van der Waals surface area contributed by atoms with Crippen LogP contribution in [0.4, 0.5) is 0 Å². The van der Waals surface area contributed by atoms with Crippen LogP contribution in [0.15, 0.2) is 51.9 Å². The molecular formula is C18H18N2O3. The van der Waals surface area contributed by atoms with Crippen molar-refractivity contribution in [3.63, 3.8) is 0 Å². The van der Waals surface area contributed by atoms with Gasteiger partial charge in [-0.25, -0.2) is 0 Å². The average molecular weight is 310 g/mol. The van der Waals surface area contributed by atoms with Crippen LogP contribution in [-0.2, 0) is 11.3 Å². The van der Waals surface area contributed by atoms with Crippen molar-refractivity contribution in [1.29, 1.82) is 0 Å². The smallest absolute Gasteiger partial charge is 0.250 e. The van der Waals surface area contributed by atoms with E-state index in [1.54, 1.807) is 30.5 Å². The van der Waals surface area contributed by atoms with Crippen molar-refractivity contribution in [3.8, 4) is 0 Å². The Bertz CT molecular complexity index is 804. The second-order valence-corrected chi connectivity index (χ2v) is 6.29. The minimum absolute atomic E-state index is 0.00262. The van der Waals surface area contributed by atoms with Gasteiger partial charge >= 0.3 is 0 Å². The van der Waals surface area contributed by atoms with Gasteiger partial charge < -0.3 is 13.9 Å². The molecule has 0 N–H and O–H groups in total. The van der Waals surface area contributed by atoms with Gasteiger partial charge in [-0.2, -0.15) is 0 Å². The summed E-state index contributed by atoms with van der Waals surface area (Å²) in [6.07, 6.45) is 5.91. The van der Waals surface area contributed by atoms with Crippen molar-refractivity contribution < 1.29 is 9.21 Å². The quantitative estimate of drug-likeness (QED) is 0.798. The van der Waals surface area contributed by atoms with Gasteiger partial charge in [0.15, 0.2) is 0 Å². The molecule has 0 aromatic carbocycles. The summed E-state index contributed by atoms with van der Waals surface area (Å²) < 4.78 is 7.08. The van der Waals surface area contributed by atoms with Gasteiger partial charge in [-0.3, -0.25) is 9.59 Å². The Morgan fingerprint density at radius 2 is 2.09 bits per heavy atom. The fourth-order valence-electron chi connectivity index (χ4n) is 3.72. The monoisotopic (exact) mass is 310 g/mol. The van der Waals surface area contributed by atoms with Crippen molar-refractivity contribution in [3.05, 3.63) is 64.5 Å². The standard InChI is InChI=1S/C18H18N2O3/c21-17(7-6-15-3-2-8-23-15)19-10-13-9-14(12-19)16-4-1-5-18(22)20(16)11-13/h1-8,13-14H,9-12H2. The number of furan rings is 1. The van der Waals surface area contributed by atoms with E-state index < -0.39 is 0 Å². The maximum Gasteiger partial charge on any atom is 0.250 e. The number of pyridine rings is 1. The lowest BCUT2D eigenvalue weighted by Gasteiger charge is -2.42. The molecule has 2 aliphatic rings. The third-order valence-electron chi connectivity index (χ3n) is 4.72. The lowest BCUT2D eigenvalue weighted by molar-refractivity contribution is -0.128. The molecule has 0 aliphatic carbocycles. The summed E-state index contributed by atoms with van der Waals surface area (Å²) in [5.41, 5.74) is 1.12. The summed E-state index contributed by atoms with van der Waals surface area (Å²) in [4.78, 5) is 26.3. The van der Waals surface area contributed by atoms with Crippen molar-refractivity contribution in [2.75, 3.05) is 13.1 Å². The molecular weight excluding hydrogens is 292 g/mol. The highest BCUT2D eigenvalue weighted by molar-refractivity contribution is 5.91. The van der Waals surface area contributed by atoms with Gasteiger partial charge in [-0.15, -0.1) is 0 Å². The normalized spacial score (nSPS) is 23.0. The highest BCUT2D eigenvalue weighted by atomic mass is 16.3. The van der Waals surface area contributed by atoms with Gasteiger partial charge in [-0.1, -0.05) is 6.07 Å². The Labute approximate surface area is 133 Å². The summed E-state index contributed by atoms with van der Waals surface area (Å²) in [6.45, 7) is 2.08. The first-order valence-electron chi connectivity index (χ1n) is 7.91. The molecule has 0 spiro atoms. The van der Waals surface area contributed by atoms with Gasteiger partial charge in [0, 0.05) is 43.4 Å². The minimum atomic E-state index is 0.00262. The third kappa shape index (κ3) is 2.63. The number of hydrogen-bond acceptors (Lipinski definition) is 3. The number of fused-ring (bicyclic) bond motifs is 4. The molecule has 4 heterocycles. The van der Waals surface area contributed by atoms with Crippen LogP contribution in [0.25, 0.3) is 6.08 Å². The Morgan fingerprint density at radius 1 is 1.17 bits per heavy atom. The molecule has 1 amide bonds. The van der Waals surface area contributed by atoms with E-state index in [0.717, 1.165) is 12.1 Å². The zero-order chi connectivity index (χ0) is 15.8. The first-order chi connectivity index (χ1) is 11.2. The number of hydrogen-bond donors (Lipinski definition) is 0. The Balaban J connectivity index is 1.54. The van der Waals surface area contributed by atoms with E-state index in [1.807, 2.05) is 27.7 Å². The number of nitrogens with zero attached hydrogens (tertiary/aromatic N) is 2. The van der Waals surface area contributed by atoms with E-state index in [0.29, 0.717) is 31.3 Å². The number of carbonyl (C=O) groups excluding carboxylic acids is 1. The summed E-state index contributed by atoms with van der Waals surface area (Å²) in [5, 5.41) is 0. The van der Waals surface area contributed by atoms with Crippen LogP contribution in [-0.4, -0.2) is 28.5 Å². The molecule has 2 atom stereocenters. The largest absolute Gasteiger partial charge is 0.465 e. The van der Waals surface area contributed by atoms with E-state index >= 15 is 0 Å². The number of carbonyl (C=O) groups is 1. The number of rotatable bonds is 2. The molecule has 0 saturated carbocycles. The second kappa shape index (κ2) is 5.57. The number of piperidine rings is 1. The summed E-state index contributed by atoms with van der Waals surface area (Å²) in [5.74, 6) is 1.27. The van der Waals surface area contributed by atoms with Gasteiger partial charge in [0.2, 0.25) is 5.91 Å². The molecule has 2 aromatic heterocycles. The molecule has 5 heteroatoms. The molecule has 2 bridgehead atoms. The summed E-state index contributed by atoms with van der Waals surface area (Å²) in [6, 6.07) is 9.04. The molecule has 5 nitrogen and oxygen atoms in total. The fraction of sp³-hybridized carbons (Fsp3) is 0.333. The molecule has 2 unspecified atom stereocenters. The zero-order valence-electron chi connectivity index (χ0n) is 12.7. The summed E-state index contributed by atoms with van der Waals surface area (Å²) in [7, 11) is 0. The average Bonchev–Trinajstić information content (AvgIpc) is 3.07. The zero-order valence-corrected chi connectivity index (χ0v) is 12.7. The van der Waals surface area contributed by atoms with Gasteiger partial charge in [0.25, 0.3) is 5.56 Å². The predicted octanol–water partition coefficient (Wildman–Crippen LogP) is 2.10. The van der Waals surface area contributed by atoms with Crippen molar-refractivity contribution in [1.82, 2.24) is 9.47 Å². The molecule has 1 fully saturated rings. The predicted molar refractivity (Wildman–Crippen MR) is 85.9 cm³/mol. The first kappa shape index (κ1) is 14.1. The lowest BCUT2D eigenvalue weighted by atomic mass is 9.83. The second-order valence-electron chi connectivity index (χ2n) is 6.29. The van der Waals surface area contributed by atoms with E-state index in [-0.39, 0.29) is 17.4 Å². The van der Waals surface area contributed by atoms with E-state index in [1.165, 1.54) is 0 Å². The van der Waals surface area contributed by atoms with Crippen molar-refractivity contribution >= 4 is 12.0 Å². The van der Waals surface area contributed by atoms with Crippen LogP contribution in [0.2, 0.25) is 0 Å². The van der Waals surface area contributed by atoms with Crippen LogP contribution < -0.4 is 5.56 Å². The van der Waals surface area contributed by atoms with Crippen molar-refractivity contribution in [2.24, 2.45) is 5.92 Å². The maximum atomic E-state index is 12.4. The third-order valence-corrected chi connectivity index (χ3v) is 4.72. The van der Waals surface area contributed by atoms with Crippen molar-refractivity contribution in [2.45, 2.75) is 18.9 Å². The molecule has 118 valence electrons. The number of amides is 1. The van der Waals surface area contributed by atoms with Crippen LogP contribution in [0.5, 0.6) is 0 Å². The van der Waals surface area contributed by atoms with E-state index in [9.17, 15) is 9.59 Å². The SMILES string of the molecule is O=C(C=Cc1ccco1)N1CC2CC(C1)c1cccc(=O)n1C2. The van der Waals surface area contributed by atoms with E-state index in [2.05, 4.69) is 0 Å². The van der Waals surface area contributed by atoms with Crippen LogP contribution in [0.1, 0.15) is 23.8 Å². The lowest BCUT2D eigenvalue weighted by Crippen LogP contribution is -2.48. The minimum Gasteiger partial charge on any atom is -0.465 e. The van der Waals surface area contributed by atoms with Crippen LogP contribution in [0.3, 0.4) is 0 Å². The molecule has 4 rings (SSSR count). The molecule has 0 radical (unpaired) electrons. The maximum absolute atomic E-state index is 12.4. The molecule has 23 heavy (non-hydrogen) atoms. The van der Waals surface area contributed by atoms with Crippen LogP contribution >= 0.6 is 0 Å². The topological polar surface area (TPSA) is 55.5 Å². The fourth-order valence-corrected chi connectivity index (χ4v) is 3.72. The molecule has 2 aromatic rings. The molecule has 2 aliphatic heterocycles. The number of aromatic nitrogens is 1. The highest BCUT2D eigenvalue weighted by Gasteiger charge is 2.35. The first-order valence-corrected chi connectivity index (χ1v) is 7.91. The number of likely N-dealkylation sites (tertiary alicyclic amines) is 1. The summed E-state index contributed by atoms with van der Waals surface area (Å²) >= 11 is 0. The van der Waals surface area contributed by atoms with Gasteiger partial charge in [-0.05, 0) is 36.6 Å². The van der Waals surface area contributed by atoms with Gasteiger partial charge in [0.05, 0.1) is 6.26 Å². The van der Waals surface area contributed by atoms with E-state index in [4.69, 9.17) is 4.42 Å². The highest BCUT2D eigenvalue weighted by Crippen LogP contribution is 2.34. The Kier molecular flexibility index (Phi) is 3.41.